The minimum absolute atomic E-state index is 0.118. The van der Waals surface area contributed by atoms with Gasteiger partial charge in [0.25, 0.3) is 0 Å². The van der Waals surface area contributed by atoms with Gasteiger partial charge in [0.2, 0.25) is 0 Å². The van der Waals surface area contributed by atoms with Crippen LogP contribution in [0, 0.1) is 5.41 Å². The predicted octanol–water partition coefficient (Wildman–Crippen LogP) is 0.670. The van der Waals surface area contributed by atoms with Crippen molar-refractivity contribution in [3.8, 4) is 0 Å². The fourth-order valence-electron chi connectivity index (χ4n) is 2.00. The van der Waals surface area contributed by atoms with E-state index in [-0.39, 0.29) is 6.54 Å². The lowest BCUT2D eigenvalue weighted by Crippen LogP contribution is -2.41. The minimum atomic E-state index is -0.922. The molecule has 0 aromatic carbocycles. The predicted molar refractivity (Wildman–Crippen MR) is 63.4 cm³/mol. The van der Waals surface area contributed by atoms with E-state index in [2.05, 4.69) is 10.1 Å². The first-order chi connectivity index (χ1) is 8.09. The van der Waals surface area contributed by atoms with Gasteiger partial charge in [-0.15, -0.1) is 0 Å². The quantitative estimate of drug-likeness (QED) is 0.730. The molecule has 1 heterocycles. The molecule has 0 fully saturated rings. The van der Waals surface area contributed by atoms with Crippen molar-refractivity contribution in [3.63, 3.8) is 0 Å². The Labute approximate surface area is 101 Å². The molecule has 0 spiro atoms. The number of nitrogens with zero attached hydrogens (tertiary/aromatic N) is 3. The summed E-state index contributed by atoms with van der Waals surface area (Å²) in [6.07, 6.45) is 3.12. The molecule has 0 saturated carbocycles. The number of aryl methyl sites for hydroxylation is 1. The van der Waals surface area contributed by atoms with Gasteiger partial charge in [0, 0.05) is 19.5 Å². The number of hydrogen-bond donors (Lipinski definition) is 2. The largest absolute Gasteiger partial charge is 0.481 e. The number of aromatic nitrogens is 3. The van der Waals surface area contributed by atoms with Gasteiger partial charge in [-0.3, -0.25) is 9.48 Å². The van der Waals surface area contributed by atoms with E-state index in [1.807, 2.05) is 13.8 Å². The smallest absolute Gasteiger partial charge is 0.311 e. The highest BCUT2D eigenvalue weighted by atomic mass is 16.4. The molecule has 0 saturated heterocycles. The Hall–Kier alpha value is -1.43. The first-order valence-corrected chi connectivity index (χ1v) is 5.89. The van der Waals surface area contributed by atoms with Gasteiger partial charge >= 0.3 is 5.97 Å². The number of carboxylic acids is 1. The molecule has 0 amide bonds. The molecule has 0 radical (unpaired) electrons. The van der Waals surface area contributed by atoms with Crippen LogP contribution in [0.15, 0.2) is 6.33 Å². The Kier molecular flexibility index (Phi) is 4.62. The van der Waals surface area contributed by atoms with Crippen LogP contribution in [-0.4, -0.2) is 32.4 Å². The zero-order valence-corrected chi connectivity index (χ0v) is 10.4. The summed E-state index contributed by atoms with van der Waals surface area (Å²) in [5, 5.41) is 13.4. The van der Waals surface area contributed by atoms with Crippen LogP contribution in [0.4, 0.5) is 0 Å². The summed E-state index contributed by atoms with van der Waals surface area (Å²) < 4.78 is 1.71. The fraction of sp³-hybridized carbons (Fsp3) is 0.727. The molecular formula is C11H20N4O2. The Bertz CT molecular complexity index is 377. The molecular weight excluding hydrogens is 220 g/mol. The van der Waals surface area contributed by atoms with Gasteiger partial charge in [-0.1, -0.05) is 13.3 Å². The molecule has 0 aliphatic carbocycles. The summed E-state index contributed by atoms with van der Waals surface area (Å²) in [6.45, 7) is 4.70. The number of rotatable bonds is 7. The SMILES string of the molecule is CCCC(CN)(Cc1ncnn1CC)C(=O)O. The topological polar surface area (TPSA) is 94.0 Å². The molecule has 6 heteroatoms. The molecule has 6 nitrogen and oxygen atoms in total. The maximum Gasteiger partial charge on any atom is 0.311 e. The van der Waals surface area contributed by atoms with Crippen LogP contribution >= 0.6 is 0 Å². The summed E-state index contributed by atoms with van der Waals surface area (Å²) in [4.78, 5) is 15.5. The zero-order chi connectivity index (χ0) is 12.9. The highest BCUT2D eigenvalue weighted by molar-refractivity contribution is 5.75. The Morgan fingerprint density at radius 2 is 2.29 bits per heavy atom. The van der Waals surface area contributed by atoms with Gasteiger partial charge in [0.05, 0.1) is 5.41 Å². The van der Waals surface area contributed by atoms with Gasteiger partial charge in [0.1, 0.15) is 12.2 Å². The molecule has 3 N–H and O–H groups in total. The second-order valence-electron chi connectivity index (χ2n) is 4.21. The van der Waals surface area contributed by atoms with E-state index in [0.717, 1.165) is 6.42 Å². The van der Waals surface area contributed by atoms with Gasteiger partial charge < -0.3 is 10.8 Å². The standard InChI is InChI=1S/C11H20N4O2/c1-3-5-11(7-12,10(16)17)6-9-13-8-14-15(9)4-2/h8H,3-7,12H2,1-2H3,(H,16,17). The van der Waals surface area contributed by atoms with Crippen LogP contribution in [0.5, 0.6) is 0 Å². The number of hydrogen-bond acceptors (Lipinski definition) is 4. The van der Waals surface area contributed by atoms with Crippen molar-refractivity contribution in [2.45, 2.75) is 39.7 Å². The summed E-state index contributed by atoms with van der Waals surface area (Å²) >= 11 is 0. The van der Waals surface area contributed by atoms with Crippen molar-refractivity contribution < 1.29 is 9.90 Å². The minimum Gasteiger partial charge on any atom is -0.481 e. The average Bonchev–Trinajstić information content (AvgIpc) is 2.75. The lowest BCUT2D eigenvalue weighted by molar-refractivity contribution is -0.149. The zero-order valence-electron chi connectivity index (χ0n) is 10.4. The summed E-state index contributed by atoms with van der Waals surface area (Å²) in [6, 6.07) is 0. The fourth-order valence-corrected chi connectivity index (χ4v) is 2.00. The third-order valence-corrected chi connectivity index (χ3v) is 3.06. The first kappa shape index (κ1) is 13.6. The highest BCUT2D eigenvalue weighted by Crippen LogP contribution is 2.27. The van der Waals surface area contributed by atoms with E-state index in [1.54, 1.807) is 4.68 Å². The van der Waals surface area contributed by atoms with Gasteiger partial charge in [-0.2, -0.15) is 5.10 Å². The Morgan fingerprint density at radius 3 is 2.76 bits per heavy atom. The number of carbonyl (C=O) groups is 1. The third-order valence-electron chi connectivity index (χ3n) is 3.06. The van der Waals surface area contributed by atoms with Crippen LogP contribution in [-0.2, 0) is 17.8 Å². The molecule has 1 aromatic heterocycles. The van der Waals surface area contributed by atoms with Crippen LogP contribution in [0.25, 0.3) is 0 Å². The van der Waals surface area contributed by atoms with Gasteiger partial charge in [0.15, 0.2) is 0 Å². The maximum atomic E-state index is 11.4. The number of nitrogens with two attached hydrogens (primary N) is 1. The molecule has 1 rings (SSSR count). The lowest BCUT2D eigenvalue weighted by Gasteiger charge is -2.26. The van der Waals surface area contributed by atoms with Crippen LogP contribution in [0.1, 0.15) is 32.5 Å². The molecule has 1 aromatic rings. The monoisotopic (exact) mass is 240 g/mol. The summed E-state index contributed by atoms with van der Waals surface area (Å²) in [7, 11) is 0. The second kappa shape index (κ2) is 5.77. The van der Waals surface area contributed by atoms with E-state index >= 15 is 0 Å². The average molecular weight is 240 g/mol. The van der Waals surface area contributed by atoms with Crippen LogP contribution < -0.4 is 5.73 Å². The van der Waals surface area contributed by atoms with Crippen molar-refractivity contribution >= 4 is 5.97 Å². The Balaban J connectivity index is 2.97. The van der Waals surface area contributed by atoms with E-state index in [1.165, 1.54) is 6.33 Å². The van der Waals surface area contributed by atoms with E-state index in [0.29, 0.717) is 25.2 Å². The van der Waals surface area contributed by atoms with E-state index in [9.17, 15) is 9.90 Å². The van der Waals surface area contributed by atoms with Gasteiger partial charge in [-0.05, 0) is 13.3 Å². The third kappa shape index (κ3) is 2.82. The molecule has 1 unspecified atom stereocenters. The molecule has 0 aliphatic rings. The van der Waals surface area contributed by atoms with Gasteiger partial charge in [-0.25, -0.2) is 4.98 Å². The molecule has 96 valence electrons. The van der Waals surface area contributed by atoms with E-state index in [4.69, 9.17) is 5.73 Å². The molecule has 1 atom stereocenters. The first-order valence-electron chi connectivity index (χ1n) is 5.89. The number of aliphatic carboxylic acids is 1. The van der Waals surface area contributed by atoms with Crippen molar-refractivity contribution in [2.75, 3.05) is 6.54 Å². The second-order valence-corrected chi connectivity index (χ2v) is 4.21. The molecule has 0 bridgehead atoms. The summed E-state index contributed by atoms with van der Waals surface area (Å²) in [5.74, 6) is -0.165. The van der Waals surface area contributed by atoms with Crippen molar-refractivity contribution in [3.05, 3.63) is 12.2 Å². The Morgan fingerprint density at radius 1 is 1.59 bits per heavy atom. The van der Waals surface area contributed by atoms with Crippen molar-refractivity contribution in [1.82, 2.24) is 14.8 Å². The number of carboxylic acid groups (broad SMARTS) is 1. The van der Waals surface area contributed by atoms with Crippen LogP contribution in [0.3, 0.4) is 0 Å². The maximum absolute atomic E-state index is 11.4. The highest BCUT2D eigenvalue weighted by Gasteiger charge is 2.37. The summed E-state index contributed by atoms with van der Waals surface area (Å²) in [5.41, 5.74) is 4.74. The van der Waals surface area contributed by atoms with Crippen molar-refractivity contribution in [2.24, 2.45) is 11.1 Å². The normalized spacial score (nSPS) is 14.5. The van der Waals surface area contributed by atoms with E-state index < -0.39 is 11.4 Å². The van der Waals surface area contributed by atoms with Crippen molar-refractivity contribution in [1.29, 1.82) is 0 Å². The molecule has 17 heavy (non-hydrogen) atoms. The van der Waals surface area contributed by atoms with Crippen LogP contribution in [0.2, 0.25) is 0 Å². The lowest BCUT2D eigenvalue weighted by atomic mass is 9.80. The molecule has 0 aliphatic heterocycles.